The number of hydrogen-bond acceptors (Lipinski definition) is 4. The molecule has 0 radical (unpaired) electrons. The minimum atomic E-state index is -1.75. The van der Waals surface area contributed by atoms with Gasteiger partial charge in [0.15, 0.2) is 10.5 Å². The van der Waals surface area contributed by atoms with Gasteiger partial charge in [-0.05, 0) is 47.6 Å². The minimum absolute atomic E-state index is 0.257. The number of benzene rings is 2. The molecule has 2 aromatic rings. The van der Waals surface area contributed by atoms with Gasteiger partial charge in [0.25, 0.3) is 0 Å². The molecule has 2 aliphatic heterocycles. The average molecular weight is 449 g/mol. The van der Waals surface area contributed by atoms with Crippen LogP contribution in [0.2, 0.25) is 10.0 Å². The Balaban J connectivity index is 1.93. The van der Waals surface area contributed by atoms with Gasteiger partial charge in [0.2, 0.25) is 11.8 Å². The number of nitrogens with one attached hydrogen (secondary N) is 4. The van der Waals surface area contributed by atoms with E-state index in [1.165, 1.54) is 0 Å². The molecular weight excluding hydrogens is 435 g/mol. The Morgan fingerprint density at radius 2 is 1.10 bits per heavy atom. The van der Waals surface area contributed by atoms with E-state index in [2.05, 4.69) is 21.3 Å². The fraction of sp³-hybridized carbons (Fsp3) is 0.158. The summed E-state index contributed by atoms with van der Waals surface area (Å²) in [5.74, 6) is -1.48. The molecule has 0 aliphatic carbocycles. The van der Waals surface area contributed by atoms with E-state index in [0.717, 1.165) is 0 Å². The number of carbonyl (C=O) groups is 3. The molecule has 7 nitrogen and oxygen atoms in total. The first kappa shape index (κ1) is 19.6. The van der Waals surface area contributed by atoms with Crippen molar-refractivity contribution in [2.45, 2.75) is 12.1 Å². The van der Waals surface area contributed by atoms with Crippen molar-refractivity contribution in [3.05, 3.63) is 69.7 Å². The lowest BCUT2D eigenvalue weighted by Crippen LogP contribution is -2.73. The molecule has 0 bridgehead atoms. The predicted octanol–water partition coefficient (Wildman–Crippen LogP) is 2.61. The van der Waals surface area contributed by atoms with E-state index in [4.69, 9.17) is 35.4 Å². The minimum Gasteiger partial charge on any atom is -0.354 e. The van der Waals surface area contributed by atoms with Crippen LogP contribution in [0.1, 0.15) is 23.2 Å². The summed E-state index contributed by atoms with van der Waals surface area (Å²) in [6.45, 7) is 0. The van der Waals surface area contributed by atoms with Gasteiger partial charge in [0.05, 0.1) is 12.1 Å². The van der Waals surface area contributed by atoms with Crippen LogP contribution in [0.25, 0.3) is 0 Å². The van der Waals surface area contributed by atoms with E-state index in [0.29, 0.717) is 21.2 Å². The van der Waals surface area contributed by atoms with Crippen LogP contribution < -0.4 is 21.3 Å². The zero-order valence-corrected chi connectivity index (χ0v) is 17.0. The van der Waals surface area contributed by atoms with Crippen molar-refractivity contribution in [3.8, 4) is 0 Å². The Bertz CT molecular complexity index is 947. The predicted molar refractivity (Wildman–Crippen MR) is 111 cm³/mol. The molecule has 4 amide bonds. The van der Waals surface area contributed by atoms with E-state index in [-0.39, 0.29) is 5.11 Å². The fourth-order valence-electron chi connectivity index (χ4n) is 3.77. The smallest absolute Gasteiger partial charge is 0.328 e. The second kappa shape index (κ2) is 7.29. The van der Waals surface area contributed by atoms with E-state index in [1.807, 2.05) is 0 Å². The number of hydrogen-bond donors (Lipinski definition) is 4. The van der Waals surface area contributed by atoms with Crippen LogP contribution in [0.15, 0.2) is 48.5 Å². The average Bonchev–Trinajstić information content (AvgIpc) is 2.67. The third kappa shape index (κ3) is 3.23. The molecule has 2 atom stereocenters. The van der Waals surface area contributed by atoms with Crippen molar-refractivity contribution < 1.29 is 14.4 Å². The molecule has 2 saturated heterocycles. The normalized spacial score (nSPS) is 23.1. The van der Waals surface area contributed by atoms with Gasteiger partial charge in [-0.15, -0.1) is 0 Å². The largest absolute Gasteiger partial charge is 0.354 e. The SMILES string of the molecule is O=C1NC(=O)C2(C(=O)N1)[C@@H](c1ccc(Cl)cc1)NC(=S)N[C@H]2c1ccc(Cl)cc1. The zero-order valence-electron chi connectivity index (χ0n) is 14.7. The highest BCUT2D eigenvalue weighted by Crippen LogP contribution is 2.48. The van der Waals surface area contributed by atoms with Crippen LogP contribution in [0.4, 0.5) is 4.79 Å². The molecule has 2 heterocycles. The lowest BCUT2D eigenvalue weighted by molar-refractivity contribution is -0.149. The van der Waals surface area contributed by atoms with Crippen molar-refractivity contribution >= 4 is 58.4 Å². The highest BCUT2D eigenvalue weighted by Gasteiger charge is 2.63. The topological polar surface area (TPSA) is 99.3 Å². The van der Waals surface area contributed by atoms with Gasteiger partial charge in [-0.3, -0.25) is 20.2 Å². The van der Waals surface area contributed by atoms with Crippen molar-refractivity contribution in [1.82, 2.24) is 21.3 Å². The lowest BCUT2D eigenvalue weighted by Gasteiger charge is -2.49. The highest BCUT2D eigenvalue weighted by molar-refractivity contribution is 7.80. The summed E-state index contributed by atoms with van der Waals surface area (Å²) in [6, 6.07) is 10.8. The summed E-state index contributed by atoms with van der Waals surface area (Å²) in [7, 11) is 0. The summed E-state index contributed by atoms with van der Waals surface area (Å²) in [4.78, 5) is 38.2. The van der Waals surface area contributed by atoms with Crippen LogP contribution in [0.5, 0.6) is 0 Å². The van der Waals surface area contributed by atoms with E-state index < -0.39 is 35.3 Å². The van der Waals surface area contributed by atoms with Crippen LogP contribution in [0.3, 0.4) is 0 Å². The third-order valence-corrected chi connectivity index (χ3v) is 5.81. The number of thiocarbonyl (C=S) groups is 1. The number of carbonyl (C=O) groups excluding carboxylic acids is 3. The molecule has 10 heteroatoms. The van der Waals surface area contributed by atoms with Crippen molar-refractivity contribution in [1.29, 1.82) is 0 Å². The lowest BCUT2D eigenvalue weighted by atomic mass is 9.66. The second-order valence-electron chi connectivity index (χ2n) is 6.69. The number of barbiturate groups is 1. The molecule has 0 aromatic heterocycles. The Hall–Kier alpha value is -2.68. The fourth-order valence-corrected chi connectivity index (χ4v) is 4.26. The Morgan fingerprint density at radius 3 is 1.48 bits per heavy atom. The van der Waals surface area contributed by atoms with Gasteiger partial charge in [-0.2, -0.15) is 0 Å². The van der Waals surface area contributed by atoms with Crippen LogP contribution in [0, 0.1) is 5.41 Å². The second-order valence-corrected chi connectivity index (χ2v) is 7.97. The molecule has 4 N–H and O–H groups in total. The molecule has 0 unspecified atom stereocenters. The van der Waals surface area contributed by atoms with E-state index in [9.17, 15) is 14.4 Å². The van der Waals surface area contributed by atoms with Gasteiger partial charge in [0, 0.05) is 10.0 Å². The molecule has 0 saturated carbocycles. The summed E-state index contributed by atoms with van der Waals surface area (Å²) < 4.78 is 0. The van der Waals surface area contributed by atoms with E-state index >= 15 is 0 Å². The molecule has 148 valence electrons. The van der Waals surface area contributed by atoms with Crippen LogP contribution in [-0.4, -0.2) is 23.0 Å². The molecule has 2 aliphatic rings. The molecule has 4 rings (SSSR count). The quantitative estimate of drug-likeness (QED) is 0.416. The maximum absolute atomic E-state index is 13.2. The van der Waals surface area contributed by atoms with Gasteiger partial charge < -0.3 is 10.6 Å². The first-order chi connectivity index (χ1) is 13.8. The van der Waals surface area contributed by atoms with Crippen molar-refractivity contribution in [3.63, 3.8) is 0 Å². The van der Waals surface area contributed by atoms with Crippen molar-refractivity contribution in [2.24, 2.45) is 5.41 Å². The van der Waals surface area contributed by atoms with Crippen LogP contribution >= 0.6 is 35.4 Å². The van der Waals surface area contributed by atoms with Crippen molar-refractivity contribution in [2.75, 3.05) is 0 Å². The van der Waals surface area contributed by atoms with E-state index in [1.54, 1.807) is 48.5 Å². The summed E-state index contributed by atoms with van der Waals surface area (Å²) in [5, 5.41) is 11.7. The van der Waals surface area contributed by atoms with Gasteiger partial charge in [0.1, 0.15) is 0 Å². The molecule has 1 spiro atoms. The van der Waals surface area contributed by atoms with Gasteiger partial charge >= 0.3 is 6.03 Å². The molecular formula is C19H14Cl2N4O3S. The molecule has 29 heavy (non-hydrogen) atoms. The third-order valence-electron chi connectivity index (χ3n) is 5.07. The summed E-state index contributed by atoms with van der Waals surface area (Å²) in [6.07, 6.45) is 0. The maximum Gasteiger partial charge on any atom is 0.328 e. The first-order valence-corrected chi connectivity index (χ1v) is 9.73. The number of imide groups is 2. The van der Waals surface area contributed by atoms with Gasteiger partial charge in [-0.25, -0.2) is 4.79 Å². The molecule has 2 fully saturated rings. The summed E-state index contributed by atoms with van der Waals surface area (Å²) >= 11 is 17.4. The Labute approximate surface area is 181 Å². The number of urea groups is 1. The first-order valence-electron chi connectivity index (χ1n) is 8.57. The number of rotatable bonds is 2. The monoisotopic (exact) mass is 448 g/mol. The standard InChI is InChI=1S/C19H14Cl2N4O3S/c20-11-5-1-9(2-6-11)13-19(15(26)24-17(28)25-16(19)27)14(23-18(29)22-13)10-3-7-12(21)8-4-10/h1-8,13-14H,(H2,22,23,29)(H2,24,25,26,27,28)/t13-,14+. The van der Waals surface area contributed by atoms with Crippen LogP contribution in [-0.2, 0) is 9.59 Å². The summed E-state index contributed by atoms with van der Waals surface area (Å²) in [5.41, 5.74) is -0.536. The molecule has 2 aromatic carbocycles. The zero-order chi connectivity index (χ0) is 20.8. The number of amides is 4. The highest BCUT2D eigenvalue weighted by atomic mass is 35.5. The number of halogens is 2. The maximum atomic E-state index is 13.2. The Kier molecular flexibility index (Phi) is 4.94. The van der Waals surface area contributed by atoms with Gasteiger partial charge in [-0.1, -0.05) is 47.5 Å². The Morgan fingerprint density at radius 1 is 0.724 bits per heavy atom.